The summed E-state index contributed by atoms with van der Waals surface area (Å²) in [6.07, 6.45) is 3.12. The molecule has 27 heavy (non-hydrogen) atoms. The fraction of sp³-hybridized carbons (Fsp3) is 0.250. The second kappa shape index (κ2) is 8.95. The van der Waals surface area contributed by atoms with Crippen molar-refractivity contribution in [3.05, 3.63) is 72.8 Å². The van der Waals surface area contributed by atoms with Crippen molar-refractivity contribution in [2.75, 3.05) is 11.9 Å². The average Bonchev–Trinajstić information content (AvgIpc) is 3.21. The minimum absolute atomic E-state index is 0.133. The van der Waals surface area contributed by atoms with Crippen molar-refractivity contribution in [1.29, 1.82) is 0 Å². The predicted molar refractivity (Wildman–Crippen MR) is 103 cm³/mol. The van der Waals surface area contributed by atoms with Gasteiger partial charge >= 0.3 is 0 Å². The molecule has 3 N–H and O–H groups in total. The molecule has 0 saturated carbocycles. The molecular formula is C20H23N5O2. The molecule has 0 aliphatic heterocycles. The number of nitrogens with two attached hydrogens (primary N) is 1. The van der Waals surface area contributed by atoms with E-state index in [0.29, 0.717) is 24.6 Å². The number of benzene rings is 2. The zero-order chi connectivity index (χ0) is 19.1. The lowest BCUT2D eigenvalue weighted by Gasteiger charge is -2.20. The number of ether oxygens (including phenoxy) is 1. The minimum Gasteiger partial charge on any atom is -0.492 e. The first-order valence-corrected chi connectivity index (χ1v) is 8.80. The molecule has 1 aromatic heterocycles. The van der Waals surface area contributed by atoms with Crippen LogP contribution in [0.4, 0.5) is 5.69 Å². The highest BCUT2D eigenvalue weighted by Crippen LogP contribution is 2.22. The predicted octanol–water partition coefficient (Wildman–Crippen LogP) is 2.63. The van der Waals surface area contributed by atoms with E-state index in [2.05, 4.69) is 15.4 Å². The molecule has 1 heterocycles. The number of amides is 1. The summed E-state index contributed by atoms with van der Waals surface area (Å²) in [5.74, 6) is 0.170. The molecule has 7 nitrogen and oxygen atoms in total. The van der Waals surface area contributed by atoms with Gasteiger partial charge in [-0.1, -0.05) is 43.3 Å². The van der Waals surface area contributed by atoms with Crippen LogP contribution in [0.2, 0.25) is 0 Å². The Morgan fingerprint density at radius 2 is 2.04 bits per heavy atom. The SMILES string of the molecule is CC(C(=O)Nc1cccc(OCCn2cncn2)c1)C(N)c1ccccc1. The molecule has 0 bridgehead atoms. The number of carbonyl (C=O) groups is 1. The zero-order valence-electron chi connectivity index (χ0n) is 15.2. The lowest BCUT2D eigenvalue weighted by Crippen LogP contribution is -2.30. The minimum atomic E-state index is -0.371. The number of aromatic nitrogens is 3. The molecule has 140 valence electrons. The second-order valence-electron chi connectivity index (χ2n) is 6.25. The highest BCUT2D eigenvalue weighted by molar-refractivity contribution is 5.93. The molecule has 7 heteroatoms. The standard InChI is InChI=1S/C20H23N5O2/c1-15(19(21)16-6-3-2-4-7-16)20(26)24-17-8-5-9-18(12-17)27-11-10-25-14-22-13-23-25/h2-9,12-15,19H,10-11,21H2,1H3,(H,24,26). The number of hydrogen-bond donors (Lipinski definition) is 2. The fourth-order valence-corrected chi connectivity index (χ4v) is 2.65. The van der Waals surface area contributed by atoms with E-state index in [1.165, 1.54) is 6.33 Å². The lowest BCUT2D eigenvalue weighted by molar-refractivity contribution is -0.120. The van der Waals surface area contributed by atoms with Gasteiger partial charge < -0.3 is 15.8 Å². The molecule has 0 aliphatic carbocycles. The summed E-state index contributed by atoms with van der Waals surface area (Å²) in [4.78, 5) is 16.4. The quantitative estimate of drug-likeness (QED) is 0.640. The number of rotatable bonds is 8. The van der Waals surface area contributed by atoms with Crippen LogP contribution in [0.1, 0.15) is 18.5 Å². The van der Waals surface area contributed by atoms with E-state index in [1.807, 2.05) is 55.5 Å². The Kier molecular flexibility index (Phi) is 6.17. The van der Waals surface area contributed by atoms with E-state index in [9.17, 15) is 4.79 Å². The van der Waals surface area contributed by atoms with Crippen molar-refractivity contribution in [1.82, 2.24) is 14.8 Å². The summed E-state index contributed by atoms with van der Waals surface area (Å²) in [7, 11) is 0. The first-order chi connectivity index (χ1) is 13.1. The number of hydrogen-bond acceptors (Lipinski definition) is 5. The highest BCUT2D eigenvalue weighted by atomic mass is 16.5. The summed E-state index contributed by atoms with van der Waals surface area (Å²) < 4.78 is 7.41. The normalized spacial score (nSPS) is 13.0. The monoisotopic (exact) mass is 365 g/mol. The summed E-state index contributed by atoms with van der Waals surface area (Å²) in [5, 5.41) is 6.93. The Balaban J connectivity index is 1.55. The lowest BCUT2D eigenvalue weighted by atomic mass is 9.94. The smallest absolute Gasteiger partial charge is 0.229 e. The molecule has 0 saturated heterocycles. The Labute approximate surface area is 158 Å². The summed E-state index contributed by atoms with van der Waals surface area (Å²) in [5.41, 5.74) is 7.84. The van der Waals surface area contributed by atoms with Crippen molar-refractivity contribution in [2.45, 2.75) is 19.5 Å². The topological polar surface area (TPSA) is 95.1 Å². The van der Waals surface area contributed by atoms with Gasteiger partial charge in [-0.2, -0.15) is 5.10 Å². The van der Waals surface area contributed by atoms with Crippen molar-refractivity contribution in [2.24, 2.45) is 11.7 Å². The van der Waals surface area contributed by atoms with Gasteiger partial charge in [-0.25, -0.2) is 9.67 Å². The maximum absolute atomic E-state index is 12.6. The first kappa shape index (κ1) is 18.6. The third-order valence-corrected chi connectivity index (χ3v) is 4.29. The largest absolute Gasteiger partial charge is 0.492 e. The molecule has 0 radical (unpaired) electrons. The van der Waals surface area contributed by atoms with Crippen LogP contribution < -0.4 is 15.8 Å². The molecule has 0 spiro atoms. The van der Waals surface area contributed by atoms with E-state index in [0.717, 1.165) is 5.56 Å². The maximum atomic E-state index is 12.6. The average molecular weight is 365 g/mol. The van der Waals surface area contributed by atoms with Gasteiger partial charge in [0.1, 0.15) is 25.0 Å². The number of carbonyl (C=O) groups excluding carboxylic acids is 1. The first-order valence-electron chi connectivity index (χ1n) is 8.80. The molecular weight excluding hydrogens is 342 g/mol. The molecule has 3 aromatic rings. The van der Waals surface area contributed by atoms with Gasteiger partial charge in [0.25, 0.3) is 0 Å². The molecule has 3 rings (SSSR count). The Morgan fingerprint density at radius 3 is 2.78 bits per heavy atom. The van der Waals surface area contributed by atoms with E-state index < -0.39 is 0 Å². The van der Waals surface area contributed by atoms with E-state index in [-0.39, 0.29) is 17.9 Å². The maximum Gasteiger partial charge on any atom is 0.229 e. The van der Waals surface area contributed by atoms with Gasteiger partial charge in [0.2, 0.25) is 5.91 Å². The number of nitrogens with zero attached hydrogens (tertiary/aromatic N) is 3. The van der Waals surface area contributed by atoms with Crippen LogP contribution in [0, 0.1) is 5.92 Å². The van der Waals surface area contributed by atoms with E-state index in [4.69, 9.17) is 10.5 Å². The van der Waals surface area contributed by atoms with Gasteiger partial charge in [0, 0.05) is 17.8 Å². The van der Waals surface area contributed by atoms with Crippen LogP contribution >= 0.6 is 0 Å². The fourth-order valence-electron chi connectivity index (χ4n) is 2.65. The van der Waals surface area contributed by atoms with Crippen molar-refractivity contribution < 1.29 is 9.53 Å². The second-order valence-corrected chi connectivity index (χ2v) is 6.25. The van der Waals surface area contributed by atoms with Crippen LogP contribution in [0.3, 0.4) is 0 Å². The zero-order valence-corrected chi connectivity index (χ0v) is 15.2. The van der Waals surface area contributed by atoms with Crippen molar-refractivity contribution in [3.63, 3.8) is 0 Å². The van der Waals surface area contributed by atoms with Gasteiger partial charge in [-0.3, -0.25) is 4.79 Å². The van der Waals surface area contributed by atoms with Gasteiger partial charge in [0.15, 0.2) is 0 Å². The van der Waals surface area contributed by atoms with E-state index >= 15 is 0 Å². The third-order valence-electron chi connectivity index (χ3n) is 4.29. The number of anilines is 1. The number of nitrogens with one attached hydrogen (secondary N) is 1. The summed E-state index contributed by atoms with van der Waals surface area (Å²) in [6.45, 7) is 2.88. The van der Waals surface area contributed by atoms with Gasteiger partial charge in [-0.05, 0) is 17.7 Å². The Hall–Kier alpha value is -3.19. The highest BCUT2D eigenvalue weighted by Gasteiger charge is 2.22. The Bertz CT molecular complexity index is 852. The van der Waals surface area contributed by atoms with Crippen LogP contribution in [-0.4, -0.2) is 27.3 Å². The molecule has 2 aromatic carbocycles. The van der Waals surface area contributed by atoms with Gasteiger partial charge in [-0.15, -0.1) is 0 Å². The van der Waals surface area contributed by atoms with Crippen LogP contribution in [0.5, 0.6) is 5.75 Å². The van der Waals surface area contributed by atoms with Gasteiger partial charge in [0.05, 0.1) is 12.5 Å². The molecule has 2 atom stereocenters. The van der Waals surface area contributed by atoms with Crippen molar-refractivity contribution >= 4 is 11.6 Å². The molecule has 2 unspecified atom stereocenters. The van der Waals surface area contributed by atoms with Crippen LogP contribution in [0.25, 0.3) is 0 Å². The molecule has 0 fully saturated rings. The molecule has 1 amide bonds. The summed E-state index contributed by atoms with van der Waals surface area (Å²) in [6, 6.07) is 16.5. The van der Waals surface area contributed by atoms with Crippen LogP contribution in [-0.2, 0) is 11.3 Å². The van der Waals surface area contributed by atoms with E-state index in [1.54, 1.807) is 17.1 Å². The molecule has 0 aliphatic rings. The Morgan fingerprint density at radius 1 is 1.22 bits per heavy atom. The van der Waals surface area contributed by atoms with Crippen molar-refractivity contribution in [3.8, 4) is 5.75 Å². The third kappa shape index (κ3) is 5.15. The summed E-state index contributed by atoms with van der Waals surface area (Å²) >= 11 is 0. The van der Waals surface area contributed by atoms with Crippen LogP contribution in [0.15, 0.2) is 67.3 Å².